The Morgan fingerprint density at radius 2 is 2.12 bits per heavy atom. The van der Waals surface area contributed by atoms with Gasteiger partial charge in [0.25, 0.3) is 0 Å². The van der Waals surface area contributed by atoms with Crippen LogP contribution in [0.15, 0.2) is 6.20 Å². The zero-order chi connectivity index (χ0) is 17.3. The summed E-state index contributed by atoms with van der Waals surface area (Å²) >= 11 is 0. The van der Waals surface area contributed by atoms with Crippen LogP contribution in [0.5, 0.6) is 0 Å². The molecule has 1 atom stereocenters. The summed E-state index contributed by atoms with van der Waals surface area (Å²) in [6, 6.07) is 0. The minimum atomic E-state index is -0.0901. The molecule has 0 bridgehead atoms. The van der Waals surface area contributed by atoms with Crippen molar-refractivity contribution in [2.75, 3.05) is 37.0 Å². The topological polar surface area (TPSA) is 83.2 Å². The molecule has 0 spiro atoms. The lowest BCUT2D eigenvalue weighted by molar-refractivity contribution is 0.266. The Bertz CT molecular complexity index is 712. The Hall–Kier alpha value is -2.22. The van der Waals surface area contributed by atoms with Crippen LogP contribution < -0.4 is 9.80 Å². The van der Waals surface area contributed by atoms with Crippen molar-refractivity contribution < 1.29 is 5.11 Å². The van der Waals surface area contributed by atoms with Crippen LogP contribution in [-0.2, 0) is 13.7 Å². The van der Waals surface area contributed by atoms with Crippen molar-refractivity contribution in [2.24, 2.45) is 7.05 Å². The number of rotatable bonds is 4. The summed E-state index contributed by atoms with van der Waals surface area (Å²) in [5.41, 5.74) is 1.07. The molecular weight excluding hydrogens is 306 g/mol. The van der Waals surface area contributed by atoms with Gasteiger partial charge in [-0.05, 0) is 19.8 Å². The fraction of sp³-hybridized carbons (Fsp3) is 0.625. The van der Waals surface area contributed by atoms with Crippen LogP contribution in [0.4, 0.5) is 11.8 Å². The Morgan fingerprint density at radius 3 is 2.79 bits per heavy atom. The number of aryl methyl sites for hydroxylation is 1. The van der Waals surface area contributed by atoms with E-state index in [9.17, 15) is 5.11 Å². The van der Waals surface area contributed by atoms with Gasteiger partial charge in [-0.2, -0.15) is 4.98 Å². The van der Waals surface area contributed by atoms with Gasteiger partial charge in [0.05, 0.1) is 0 Å². The molecule has 3 rings (SSSR count). The normalized spacial score (nSPS) is 18.0. The van der Waals surface area contributed by atoms with Gasteiger partial charge in [-0.15, -0.1) is 10.2 Å². The van der Waals surface area contributed by atoms with E-state index in [1.54, 1.807) is 0 Å². The predicted octanol–water partition coefficient (Wildman–Crippen LogP) is 0.856. The molecule has 3 heterocycles. The number of hydrogen-bond donors (Lipinski definition) is 1. The number of aromatic nitrogens is 5. The van der Waals surface area contributed by atoms with Gasteiger partial charge in [0.1, 0.15) is 18.2 Å². The number of aliphatic hydroxyl groups excluding tert-OH is 1. The second kappa shape index (κ2) is 6.72. The third-order valence-electron chi connectivity index (χ3n) is 4.57. The van der Waals surface area contributed by atoms with Crippen LogP contribution in [0.3, 0.4) is 0 Å². The average molecular weight is 331 g/mol. The van der Waals surface area contributed by atoms with Crippen molar-refractivity contribution in [3.05, 3.63) is 23.4 Å². The number of piperidine rings is 1. The molecule has 8 heteroatoms. The van der Waals surface area contributed by atoms with Gasteiger partial charge >= 0.3 is 0 Å². The minimum Gasteiger partial charge on any atom is -0.388 e. The van der Waals surface area contributed by atoms with Gasteiger partial charge < -0.3 is 19.5 Å². The molecule has 2 aromatic rings. The van der Waals surface area contributed by atoms with E-state index in [-0.39, 0.29) is 12.5 Å². The maximum atomic E-state index is 9.31. The van der Waals surface area contributed by atoms with Crippen LogP contribution in [0.2, 0.25) is 0 Å². The largest absolute Gasteiger partial charge is 0.388 e. The van der Waals surface area contributed by atoms with Crippen LogP contribution in [0, 0.1) is 6.92 Å². The highest BCUT2D eigenvalue weighted by molar-refractivity contribution is 5.48. The molecular formula is C16H25N7O. The van der Waals surface area contributed by atoms with Crippen LogP contribution in [0.1, 0.15) is 36.0 Å². The van der Waals surface area contributed by atoms with Crippen LogP contribution in [0.25, 0.3) is 0 Å². The molecule has 1 aliphatic heterocycles. The summed E-state index contributed by atoms with van der Waals surface area (Å²) in [5.74, 6) is 3.50. The maximum Gasteiger partial charge on any atom is 0.227 e. The fourth-order valence-corrected chi connectivity index (χ4v) is 3.27. The molecule has 0 aromatic carbocycles. The molecule has 0 aliphatic carbocycles. The van der Waals surface area contributed by atoms with Gasteiger partial charge in [0.15, 0.2) is 5.82 Å². The van der Waals surface area contributed by atoms with Crippen LogP contribution >= 0.6 is 0 Å². The molecule has 1 fully saturated rings. The molecule has 24 heavy (non-hydrogen) atoms. The van der Waals surface area contributed by atoms with E-state index in [4.69, 9.17) is 4.98 Å². The first-order valence-electron chi connectivity index (χ1n) is 8.26. The Balaban J connectivity index is 1.83. The summed E-state index contributed by atoms with van der Waals surface area (Å²) in [7, 11) is 5.90. The molecule has 130 valence electrons. The lowest BCUT2D eigenvalue weighted by Crippen LogP contribution is -2.36. The van der Waals surface area contributed by atoms with E-state index in [1.807, 2.05) is 43.7 Å². The molecule has 1 N–H and O–H groups in total. The zero-order valence-corrected chi connectivity index (χ0v) is 14.8. The van der Waals surface area contributed by atoms with E-state index in [0.29, 0.717) is 5.82 Å². The maximum absolute atomic E-state index is 9.31. The van der Waals surface area contributed by atoms with Crippen molar-refractivity contribution >= 4 is 11.8 Å². The van der Waals surface area contributed by atoms with E-state index < -0.39 is 0 Å². The molecule has 1 aliphatic rings. The van der Waals surface area contributed by atoms with Crippen molar-refractivity contribution in [2.45, 2.75) is 32.3 Å². The minimum absolute atomic E-state index is 0.0901. The molecule has 2 aromatic heterocycles. The van der Waals surface area contributed by atoms with E-state index >= 15 is 0 Å². The highest BCUT2D eigenvalue weighted by Gasteiger charge is 2.27. The highest BCUT2D eigenvalue weighted by Crippen LogP contribution is 2.28. The summed E-state index contributed by atoms with van der Waals surface area (Å²) in [4.78, 5) is 13.5. The fourth-order valence-electron chi connectivity index (χ4n) is 3.27. The summed E-state index contributed by atoms with van der Waals surface area (Å²) in [6.07, 6.45) is 3.99. The number of anilines is 2. The van der Waals surface area contributed by atoms with E-state index in [0.717, 1.165) is 49.1 Å². The lowest BCUT2D eigenvalue weighted by Gasteiger charge is -2.32. The molecule has 8 nitrogen and oxygen atoms in total. The van der Waals surface area contributed by atoms with Gasteiger partial charge in [-0.3, -0.25) is 0 Å². The first kappa shape index (κ1) is 16.6. The molecule has 1 saturated heterocycles. The highest BCUT2D eigenvalue weighted by atomic mass is 16.3. The van der Waals surface area contributed by atoms with E-state index in [1.165, 1.54) is 0 Å². The summed E-state index contributed by atoms with van der Waals surface area (Å²) < 4.78 is 1.90. The van der Waals surface area contributed by atoms with Crippen molar-refractivity contribution in [1.29, 1.82) is 0 Å². The molecule has 0 amide bonds. The Kier molecular flexibility index (Phi) is 4.66. The standard InChI is InChI=1S/C16H25N7O/c1-11-8-17-16(18-14(11)21(2)3)23-7-5-6-12(9-23)15-20-19-13(10-24)22(15)4/h8,12,24H,5-7,9-10H2,1-4H3. The third-order valence-corrected chi connectivity index (χ3v) is 4.57. The first-order valence-corrected chi connectivity index (χ1v) is 8.26. The van der Waals surface area contributed by atoms with Gasteiger partial charge in [0, 0.05) is 51.9 Å². The number of hydrogen-bond acceptors (Lipinski definition) is 7. The monoisotopic (exact) mass is 331 g/mol. The molecule has 1 unspecified atom stereocenters. The summed E-state index contributed by atoms with van der Waals surface area (Å²) in [6.45, 7) is 3.69. The predicted molar refractivity (Wildman–Crippen MR) is 92.2 cm³/mol. The number of nitrogens with zero attached hydrogens (tertiary/aromatic N) is 7. The molecule has 0 radical (unpaired) electrons. The third kappa shape index (κ3) is 3.06. The lowest BCUT2D eigenvalue weighted by atomic mass is 9.97. The van der Waals surface area contributed by atoms with Gasteiger partial charge in [0.2, 0.25) is 5.95 Å². The summed E-state index contributed by atoms with van der Waals surface area (Å²) in [5, 5.41) is 17.6. The second-order valence-electron chi connectivity index (χ2n) is 6.55. The average Bonchev–Trinajstić information content (AvgIpc) is 2.96. The SMILES string of the molecule is Cc1cnc(N2CCCC(c3nnc(CO)n3C)C2)nc1N(C)C. The smallest absolute Gasteiger partial charge is 0.227 e. The number of aliphatic hydroxyl groups is 1. The van der Waals surface area contributed by atoms with Gasteiger partial charge in [-0.1, -0.05) is 0 Å². The van der Waals surface area contributed by atoms with Crippen LogP contribution in [-0.4, -0.2) is 57.0 Å². The Labute approximate surface area is 142 Å². The van der Waals surface area contributed by atoms with Gasteiger partial charge in [-0.25, -0.2) is 4.98 Å². The van der Waals surface area contributed by atoms with E-state index in [2.05, 4.69) is 20.1 Å². The molecule has 0 saturated carbocycles. The van der Waals surface area contributed by atoms with Crippen molar-refractivity contribution in [3.8, 4) is 0 Å². The Morgan fingerprint density at radius 1 is 1.33 bits per heavy atom. The van der Waals surface area contributed by atoms with Crippen molar-refractivity contribution in [1.82, 2.24) is 24.7 Å². The second-order valence-corrected chi connectivity index (χ2v) is 6.55. The quantitative estimate of drug-likeness (QED) is 0.889. The first-order chi connectivity index (χ1) is 11.5. The van der Waals surface area contributed by atoms with Crippen molar-refractivity contribution in [3.63, 3.8) is 0 Å². The zero-order valence-electron chi connectivity index (χ0n) is 14.8.